The zero-order valence-corrected chi connectivity index (χ0v) is 11.5. The van der Waals surface area contributed by atoms with Crippen LogP contribution in [0.1, 0.15) is 11.1 Å². The maximum absolute atomic E-state index is 5.61. The first-order valence-corrected chi connectivity index (χ1v) is 5.11. The van der Waals surface area contributed by atoms with Crippen LogP contribution in [0.15, 0.2) is 60.7 Å². The van der Waals surface area contributed by atoms with E-state index < -0.39 is 0 Å². The number of ether oxygens (including phenoxy) is 1. The Morgan fingerprint density at radius 1 is 0.625 bits per heavy atom. The van der Waals surface area contributed by atoms with Crippen LogP contribution in [0, 0.1) is 0 Å². The largest absolute Gasteiger partial charge is 0.372 e. The molecule has 0 atom stereocenters. The Bertz CT molecular complexity index is 346. The molecule has 0 aliphatic rings. The van der Waals surface area contributed by atoms with Crippen LogP contribution in [0.3, 0.4) is 0 Å². The molecule has 0 heterocycles. The Morgan fingerprint density at radius 2 is 1.00 bits per heavy atom. The summed E-state index contributed by atoms with van der Waals surface area (Å²) < 4.78 is 5.61. The molecule has 2 aromatic carbocycles. The number of rotatable bonds is 4. The summed E-state index contributed by atoms with van der Waals surface area (Å²) >= 11 is 0. The molecule has 2 radical (unpaired) electrons. The van der Waals surface area contributed by atoms with Gasteiger partial charge in [-0.1, -0.05) is 60.7 Å². The molecule has 0 aromatic heterocycles. The van der Waals surface area contributed by atoms with Crippen molar-refractivity contribution in [1.82, 2.24) is 0 Å². The van der Waals surface area contributed by atoms with E-state index in [9.17, 15) is 0 Å². The number of hydrogen-bond donors (Lipinski definition) is 0. The third kappa shape index (κ3) is 4.67. The van der Waals surface area contributed by atoms with Crippen molar-refractivity contribution >= 4 is 37.7 Å². The molecule has 0 fully saturated rings. The van der Waals surface area contributed by atoms with Crippen molar-refractivity contribution in [3.05, 3.63) is 71.8 Å². The Hall–Kier alpha value is -0.340. The van der Waals surface area contributed by atoms with Gasteiger partial charge in [0.05, 0.1) is 13.2 Å². The summed E-state index contributed by atoms with van der Waals surface area (Å²) in [4.78, 5) is 0. The first kappa shape index (κ1) is 13.7. The van der Waals surface area contributed by atoms with Crippen LogP contribution >= 0.6 is 0 Å². The van der Waals surface area contributed by atoms with Gasteiger partial charge in [0.15, 0.2) is 0 Å². The summed E-state index contributed by atoms with van der Waals surface area (Å²) in [6.07, 6.45) is 0. The van der Waals surface area contributed by atoms with Crippen LogP contribution in [0.5, 0.6) is 0 Å². The van der Waals surface area contributed by atoms with Gasteiger partial charge in [0.25, 0.3) is 0 Å². The molecule has 0 spiro atoms. The normalized spacial score (nSPS) is 9.50. The van der Waals surface area contributed by atoms with Crippen LogP contribution in [0.2, 0.25) is 0 Å². The fourth-order valence-electron chi connectivity index (χ4n) is 1.44. The zero-order chi connectivity index (χ0) is 10.3. The zero-order valence-electron chi connectivity index (χ0n) is 9.30. The second kappa shape index (κ2) is 7.86. The van der Waals surface area contributed by atoms with Gasteiger partial charge in [-0.2, -0.15) is 0 Å². The summed E-state index contributed by atoms with van der Waals surface area (Å²) in [7, 11) is 0. The molecule has 0 amide bonds. The molecule has 0 unspecified atom stereocenters. The molecular weight excluding hydrogens is 224 g/mol. The Morgan fingerprint density at radius 3 is 1.38 bits per heavy atom. The Balaban J connectivity index is 0.00000128. The van der Waals surface area contributed by atoms with E-state index in [-0.39, 0.29) is 37.7 Å². The number of benzene rings is 2. The molecule has 2 aromatic rings. The fraction of sp³-hybridized carbons (Fsp3) is 0.143. The molecule has 16 heavy (non-hydrogen) atoms. The van der Waals surface area contributed by atoms with Gasteiger partial charge in [0.2, 0.25) is 0 Å². The van der Waals surface area contributed by atoms with Gasteiger partial charge in [0.1, 0.15) is 0 Å². The van der Waals surface area contributed by atoms with Gasteiger partial charge in [0, 0.05) is 37.7 Å². The third-order valence-corrected chi connectivity index (χ3v) is 2.22. The Labute approximate surface area is 126 Å². The molecule has 2 rings (SSSR count). The van der Waals surface area contributed by atoms with Crippen molar-refractivity contribution in [2.75, 3.05) is 0 Å². The molecule has 0 aliphatic heterocycles. The molecule has 0 bridgehead atoms. The summed E-state index contributed by atoms with van der Waals surface area (Å²) in [6, 6.07) is 20.4. The fourth-order valence-corrected chi connectivity index (χ4v) is 1.44. The summed E-state index contributed by atoms with van der Waals surface area (Å²) in [6.45, 7) is 1.35. The van der Waals surface area contributed by atoms with Crippen LogP contribution in [-0.4, -0.2) is 37.7 Å². The van der Waals surface area contributed by atoms with Crippen molar-refractivity contribution in [1.29, 1.82) is 0 Å². The standard InChI is InChI=1S/C14H14O.Ca/c1-3-7-13(8-4-1)11-15-12-14-9-5-2-6-10-14;/h1-10H,11-12H2;. The SMILES string of the molecule is [Ca].c1ccc(COCc2ccccc2)cc1. The molecule has 0 saturated carbocycles. The maximum Gasteiger partial charge on any atom is 0.0721 e. The van der Waals surface area contributed by atoms with Crippen LogP contribution < -0.4 is 0 Å². The van der Waals surface area contributed by atoms with Crippen molar-refractivity contribution in [2.24, 2.45) is 0 Å². The molecule has 0 saturated heterocycles. The first-order valence-electron chi connectivity index (χ1n) is 5.11. The van der Waals surface area contributed by atoms with E-state index in [0.29, 0.717) is 13.2 Å². The molecule has 1 nitrogen and oxygen atoms in total. The predicted octanol–water partition coefficient (Wildman–Crippen LogP) is 3.02. The van der Waals surface area contributed by atoms with E-state index in [1.165, 1.54) is 11.1 Å². The van der Waals surface area contributed by atoms with E-state index in [2.05, 4.69) is 24.3 Å². The smallest absolute Gasteiger partial charge is 0.0721 e. The van der Waals surface area contributed by atoms with Gasteiger partial charge in [-0.3, -0.25) is 0 Å². The average Bonchev–Trinajstić information content (AvgIpc) is 2.32. The minimum atomic E-state index is 0. The molecule has 0 N–H and O–H groups in total. The van der Waals surface area contributed by atoms with E-state index in [0.717, 1.165) is 0 Å². The minimum Gasteiger partial charge on any atom is -0.372 e. The van der Waals surface area contributed by atoms with Gasteiger partial charge in [-0.05, 0) is 11.1 Å². The van der Waals surface area contributed by atoms with Crippen molar-refractivity contribution in [3.63, 3.8) is 0 Å². The molecule has 2 heteroatoms. The first-order chi connectivity index (χ1) is 7.45. The van der Waals surface area contributed by atoms with Crippen molar-refractivity contribution < 1.29 is 4.74 Å². The van der Waals surface area contributed by atoms with Crippen molar-refractivity contribution in [3.8, 4) is 0 Å². The predicted molar refractivity (Wildman–Crippen MR) is 67.1 cm³/mol. The van der Waals surface area contributed by atoms with E-state index in [1.54, 1.807) is 0 Å². The summed E-state index contributed by atoms with van der Waals surface area (Å²) in [5, 5.41) is 0. The topological polar surface area (TPSA) is 9.23 Å². The second-order valence-electron chi connectivity index (χ2n) is 3.46. The molecular formula is C14H14CaO. The summed E-state index contributed by atoms with van der Waals surface area (Å²) in [5.74, 6) is 0. The van der Waals surface area contributed by atoms with Gasteiger partial charge in [-0.25, -0.2) is 0 Å². The number of hydrogen-bond acceptors (Lipinski definition) is 1. The monoisotopic (exact) mass is 238 g/mol. The minimum absolute atomic E-state index is 0. The quantitative estimate of drug-likeness (QED) is 0.744. The van der Waals surface area contributed by atoms with Crippen LogP contribution in [0.25, 0.3) is 0 Å². The van der Waals surface area contributed by atoms with E-state index in [4.69, 9.17) is 4.74 Å². The summed E-state index contributed by atoms with van der Waals surface area (Å²) in [5.41, 5.74) is 2.43. The van der Waals surface area contributed by atoms with Gasteiger partial charge >= 0.3 is 0 Å². The van der Waals surface area contributed by atoms with Gasteiger partial charge < -0.3 is 4.74 Å². The van der Waals surface area contributed by atoms with E-state index >= 15 is 0 Å². The van der Waals surface area contributed by atoms with Gasteiger partial charge in [-0.15, -0.1) is 0 Å². The maximum atomic E-state index is 5.61. The average molecular weight is 238 g/mol. The van der Waals surface area contributed by atoms with Crippen molar-refractivity contribution in [2.45, 2.75) is 13.2 Å². The van der Waals surface area contributed by atoms with E-state index in [1.807, 2.05) is 36.4 Å². The van der Waals surface area contributed by atoms with Crippen LogP contribution in [0.4, 0.5) is 0 Å². The molecule has 78 valence electrons. The third-order valence-electron chi connectivity index (χ3n) is 2.22. The Kier molecular flexibility index (Phi) is 6.74. The molecule has 0 aliphatic carbocycles. The van der Waals surface area contributed by atoms with Crippen LogP contribution in [-0.2, 0) is 18.0 Å². The second-order valence-corrected chi connectivity index (χ2v) is 3.46.